The number of rotatable bonds is 9. The molecule has 4 N–H and O–H groups in total. The fourth-order valence-corrected chi connectivity index (χ4v) is 9.91. The van der Waals surface area contributed by atoms with Crippen LogP contribution in [0.5, 0.6) is 0 Å². The summed E-state index contributed by atoms with van der Waals surface area (Å²) in [5, 5.41) is 40.2. The number of ketones is 1. The molecule has 16 nitrogen and oxygen atoms in total. The molecule has 1 heterocycles. The van der Waals surface area contributed by atoms with Gasteiger partial charge in [-0.15, -0.1) is 0 Å². The molecular formula is C45H55NO15. The Balaban J connectivity index is 1.52. The molecule has 11 atom stereocenters. The van der Waals surface area contributed by atoms with Crippen LogP contribution < -0.4 is 5.32 Å². The molecule has 2 bridgehead atoms. The molecule has 0 spiro atoms. The number of hydrogen-bond acceptors (Lipinski definition) is 15. The van der Waals surface area contributed by atoms with E-state index in [1.165, 1.54) is 39.8 Å². The minimum absolute atomic E-state index is 0.0626. The summed E-state index contributed by atoms with van der Waals surface area (Å²) in [6.45, 7) is 12.9. The molecule has 3 fully saturated rings. The Morgan fingerprint density at radius 1 is 0.902 bits per heavy atom. The number of aliphatic hydroxyl groups is 3. The summed E-state index contributed by atoms with van der Waals surface area (Å²) in [5.41, 5.74) is -8.34. The summed E-state index contributed by atoms with van der Waals surface area (Å²) in [5.74, 6) is -6.23. The van der Waals surface area contributed by atoms with E-state index in [0.717, 1.165) is 13.8 Å². The normalized spacial score (nSPS) is 32.5. The van der Waals surface area contributed by atoms with Gasteiger partial charge < -0.3 is 49.1 Å². The Morgan fingerprint density at radius 3 is 2.05 bits per heavy atom. The minimum Gasteiger partial charge on any atom is -0.461 e. The summed E-state index contributed by atoms with van der Waals surface area (Å²) < 4.78 is 35.6. The van der Waals surface area contributed by atoms with Gasteiger partial charge >= 0.3 is 30.0 Å². The van der Waals surface area contributed by atoms with Gasteiger partial charge in [0.25, 0.3) is 0 Å². The molecule has 2 aromatic rings. The molecule has 1 aliphatic heterocycles. The first-order valence-corrected chi connectivity index (χ1v) is 20.2. The van der Waals surface area contributed by atoms with Crippen LogP contribution in [-0.2, 0) is 47.6 Å². The van der Waals surface area contributed by atoms with Gasteiger partial charge in [-0.05, 0) is 63.5 Å². The van der Waals surface area contributed by atoms with Gasteiger partial charge in [-0.1, -0.05) is 62.4 Å². The maximum absolute atomic E-state index is 15.3. The number of esters is 4. The summed E-state index contributed by atoms with van der Waals surface area (Å²) in [7, 11) is 0. The molecule has 16 heteroatoms. The van der Waals surface area contributed by atoms with Gasteiger partial charge in [0.1, 0.15) is 41.7 Å². The third-order valence-electron chi connectivity index (χ3n) is 12.8. The Morgan fingerprint density at radius 2 is 1.51 bits per heavy atom. The first-order valence-electron chi connectivity index (χ1n) is 20.2. The summed E-state index contributed by atoms with van der Waals surface area (Å²) >= 11 is 0. The van der Waals surface area contributed by atoms with E-state index in [0.29, 0.717) is 5.56 Å². The molecule has 4 aliphatic rings. The molecule has 2 saturated carbocycles. The van der Waals surface area contributed by atoms with Crippen molar-refractivity contribution in [2.75, 3.05) is 6.61 Å². The van der Waals surface area contributed by atoms with Crippen LogP contribution >= 0.6 is 0 Å². The van der Waals surface area contributed by atoms with Crippen molar-refractivity contribution in [1.82, 2.24) is 5.32 Å². The van der Waals surface area contributed by atoms with Crippen molar-refractivity contribution in [3.8, 4) is 0 Å². The van der Waals surface area contributed by atoms with E-state index in [1.807, 2.05) is 0 Å². The molecule has 1 amide bonds. The minimum atomic E-state index is -2.39. The Bertz CT molecular complexity index is 2100. The average Bonchev–Trinajstić information content (AvgIpc) is 3.17. The number of aliphatic hydroxyl groups excluding tert-OH is 2. The van der Waals surface area contributed by atoms with Gasteiger partial charge in [-0.2, -0.15) is 0 Å². The summed E-state index contributed by atoms with van der Waals surface area (Å²) in [4.78, 5) is 82.4. The topological polar surface area (TPSA) is 231 Å². The maximum Gasteiger partial charge on any atom is 0.408 e. The Kier molecular flexibility index (Phi) is 12.1. The third-order valence-corrected chi connectivity index (χ3v) is 12.8. The van der Waals surface area contributed by atoms with Gasteiger partial charge in [0, 0.05) is 32.1 Å². The van der Waals surface area contributed by atoms with Crippen molar-refractivity contribution in [2.24, 2.45) is 16.7 Å². The number of hydrogen-bond donors (Lipinski definition) is 4. The highest BCUT2D eigenvalue weighted by molar-refractivity contribution is 5.94. The highest BCUT2D eigenvalue weighted by Crippen LogP contribution is 2.64. The number of benzene rings is 2. The highest BCUT2D eigenvalue weighted by atomic mass is 16.6. The van der Waals surface area contributed by atoms with Gasteiger partial charge in [0.05, 0.1) is 29.5 Å². The Labute approximate surface area is 353 Å². The van der Waals surface area contributed by atoms with Crippen LogP contribution in [0.4, 0.5) is 4.79 Å². The second-order valence-electron chi connectivity index (χ2n) is 18.2. The van der Waals surface area contributed by atoms with Crippen molar-refractivity contribution in [1.29, 1.82) is 0 Å². The molecular weight excluding hydrogens is 794 g/mol. The van der Waals surface area contributed by atoms with Crippen LogP contribution in [0.1, 0.15) is 97.1 Å². The SMILES string of the molecule is CC(=O)O[C@H]1C[C@H]2OC[C@@]2(OC(C)=O)[C@H]2[C@H](OC(=O)c3ccccc3)[C@]3(O)C[C@H](OC(=O)[C@H](O)[C@@H](NC(=O)OC(C)(C)C)c4ccccc4)C(C)=C([C@@H](O)C(=O)[C@]12C)C3(C)C. The zero-order chi connectivity index (χ0) is 45.0. The van der Waals surface area contributed by atoms with E-state index >= 15 is 4.79 Å². The first kappa shape index (κ1) is 45.4. The standard InChI is InChI=1S/C45H55NO15/c1-23-28(58-39(53)34(50)32(26-16-12-10-13-17-26)46-40(54)61-41(4,5)6)21-45(55)37(59-38(52)27-18-14-11-15-19-27)35-43(9,36(51)33(49)31(23)42(45,7)8)29(57-24(2)47)20-30-44(35,22-56-30)60-25(3)48/h10-19,28-30,32-35,37,49-50,55H,20-22H2,1-9H3,(H,46,54)/t28-,29-,30+,32-,33+,34+,35-,37-,43+,44-,45+/m0/s1. The second-order valence-corrected chi connectivity index (χ2v) is 18.2. The van der Waals surface area contributed by atoms with Crippen LogP contribution in [0.15, 0.2) is 71.8 Å². The number of nitrogens with one attached hydrogen (secondary N) is 1. The lowest BCUT2D eigenvalue weighted by atomic mass is 9.44. The number of fused-ring (bicyclic) bond motifs is 5. The zero-order valence-corrected chi connectivity index (χ0v) is 35.8. The van der Waals surface area contributed by atoms with Crippen molar-refractivity contribution in [3.63, 3.8) is 0 Å². The number of amides is 1. The van der Waals surface area contributed by atoms with Crippen molar-refractivity contribution < 1.29 is 72.5 Å². The van der Waals surface area contributed by atoms with E-state index in [1.54, 1.807) is 69.3 Å². The number of ether oxygens (including phenoxy) is 6. The van der Waals surface area contributed by atoms with Crippen molar-refractivity contribution >= 4 is 35.8 Å². The van der Waals surface area contributed by atoms with E-state index in [2.05, 4.69) is 5.32 Å². The fraction of sp³-hybridized carbons (Fsp3) is 0.556. The second kappa shape index (κ2) is 16.3. The Hall–Kier alpha value is -5.16. The first-order chi connectivity index (χ1) is 28.4. The van der Waals surface area contributed by atoms with Gasteiger partial charge in [0.2, 0.25) is 0 Å². The number of carbonyl (C=O) groups excluding carboxylic acids is 6. The van der Waals surface area contributed by atoms with Crippen LogP contribution in [0.2, 0.25) is 0 Å². The lowest BCUT2D eigenvalue weighted by Crippen LogP contribution is -2.82. The van der Waals surface area contributed by atoms with E-state index in [9.17, 15) is 39.3 Å². The lowest BCUT2D eigenvalue weighted by Gasteiger charge is -2.67. The molecule has 3 aliphatic carbocycles. The number of Topliss-reactive ketones (excluding diaryl/α,β-unsaturated/α-hetero) is 1. The van der Waals surface area contributed by atoms with E-state index in [4.69, 9.17) is 28.4 Å². The van der Waals surface area contributed by atoms with Crippen LogP contribution in [0, 0.1) is 16.7 Å². The van der Waals surface area contributed by atoms with Crippen molar-refractivity contribution in [3.05, 3.63) is 82.9 Å². The molecule has 0 unspecified atom stereocenters. The molecule has 2 aromatic carbocycles. The van der Waals surface area contributed by atoms with Gasteiger partial charge in [-0.25, -0.2) is 14.4 Å². The number of alkyl carbamates (subject to hydrolysis) is 1. The molecule has 61 heavy (non-hydrogen) atoms. The smallest absolute Gasteiger partial charge is 0.408 e. The molecule has 0 aromatic heterocycles. The third kappa shape index (κ3) is 7.94. The maximum atomic E-state index is 15.3. The number of carbonyl (C=O) groups is 6. The van der Waals surface area contributed by atoms with E-state index in [-0.39, 0.29) is 29.7 Å². The van der Waals surface area contributed by atoms with Gasteiger partial charge in [-0.3, -0.25) is 14.4 Å². The highest BCUT2D eigenvalue weighted by Gasteiger charge is 2.78. The van der Waals surface area contributed by atoms with Crippen LogP contribution in [0.25, 0.3) is 0 Å². The van der Waals surface area contributed by atoms with Crippen molar-refractivity contribution in [2.45, 2.75) is 135 Å². The predicted octanol–water partition coefficient (Wildman–Crippen LogP) is 3.83. The molecule has 0 radical (unpaired) electrons. The fourth-order valence-electron chi connectivity index (χ4n) is 9.91. The van der Waals surface area contributed by atoms with Crippen LogP contribution in [-0.4, -0.2) is 111 Å². The van der Waals surface area contributed by atoms with Gasteiger partial charge in [0.15, 0.2) is 17.5 Å². The van der Waals surface area contributed by atoms with Crippen LogP contribution in [0.3, 0.4) is 0 Å². The average molecular weight is 850 g/mol. The summed E-state index contributed by atoms with van der Waals surface area (Å²) in [6, 6.07) is 14.6. The molecule has 330 valence electrons. The molecule has 1 saturated heterocycles. The predicted molar refractivity (Wildman–Crippen MR) is 213 cm³/mol. The molecule has 6 rings (SSSR count). The summed E-state index contributed by atoms with van der Waals surface area (Å²) in [6.07, 6.45) is -11.5. The largest absolute Gasteiger partial charge is 0.461 e. The quantitative estimate of drug-likeness (QED) is 0.160. The zero-order valence-electron chi connectivity index (χ0n) is 35.8. The monoisotopic (exact) mass is 849 g/mol. The van der Waals surface area contributed by atoms with E-state index < -0.39 is 118 Å². The lowest BCUT2D eigenvalue weighted by molar-refractivity contribution is -0.346.